The predicted octanol–water partition coefficient (Wildman–Crippen LogP) is 3.41. The topological polar surface area (TPSA) is 66.4 Å². The van der Waals surface area contributed by atoms with Crippen LogP contribution in [0.3, 0.4) is 0 Å². The zero-order valence-electron chi connectivity index (χ0n) is 10.8. The number of thiophene rings is 1. The van der Waals surface area contributed by atoms with Gasteiger partial charge in [-0.25, -0.2) is 4.79 Å². The van der Waals surface area contributed by atoms with Crippen molar-refractivity contribution in [2.75, 3.05) is 5.32 Å². The van der Waals surface area contributed by atoms with E-state index in [4.69, 9.17) is 5.11 Å². The van der Waals surface area contributed by atoms with Gasteiger partial charge in [-0.15, -0.1) is 11.3 Å². The highest BCUT2D eigenvalue weighted by atomic mass is 32.1. The molecule has 0 aliphatic rings. The molecule has 20 heavy (non-hydrogen) atoms. The van der Waals surface area contributed by atoms with Gasteiger partial charge in [-0.05, 0) is 47.7 Å². The molecule has 0 bridgehead atoms. The second-order valence-corrected chi connectivity index (χ2v) is 5.13. The molecule has 0 saturated heterocycles. The number of amides is 1. The minimum atomic E-state index is -0.988. The summed E-state index contributed by atoms with van der Waals surface area (Å²) in [6.07, 6.45) is 2.60. The molecule has 1 heterocycles. The van der Waals surface area contributed by atoms with E-state index in [-0.39, 0.29) is 5.91 Å². The van der Waals surface area contributed by atoms with Crippen molar-refractivity contribution in [1.82, 2.24) is 0 Å². The van der Waals surface area contributed by atoms with Crippen LogP contribution in [-0.4, -0.2) is 17.0 Å². The summed E-state index contributed by atoms with van der Waals surface area (Å²) in [5, 5.41) is 13.3. The molecule has 2 aromatic rings. The van der Waals surface area contributed by atoms with Crippen LogP contribution in [0.4, 0.5) is 5.69 Å². The number of benzene rings is 1. The van der Waals surface area contributed by atoms with Crippen LogP contribution in [-0.2, 0) is 4.79 Å². The number of hydrogen-bond donors (Lipinski definition) is 2. The van der Waals surface area contributed by atoms with Crippen LogP contribution >= 0.6 is 11.3 Å². The van der Waals surface area contributed by atoms with Gasteiger partial charge in [0, 0.05) is 11.8 Å². The van der Waals surface area contributed by atoms with E-state index in [1.165, 1.54) is 17.4 Å². The second kappa shape index (κ2) is 6.16. The maximum atomic E-state index is 11.9. The average Bonchev–Trinajstić information content (AvgIpc) is 2.93. The second-order valence-electron chi connectivity index (χ2n) is 4.18. The van der Waals surface area contributed by atoms with Crippen LogP contribution in [0, 0.1) is 6.92 Å². The van der Waals surface area contributed by atoms with E-state index in [0.29, 0.717) is 4.88 Å². The monoisotopic (exact) mass is 287 g/mol. The number of carboxylic acids is 1. The van der Waals surface area contributed by atoms with Gasteiger partial charge < -0.3 is 10.4 Å². The van der Waals surface area contributed by atoms with Crippen LogP contribution in [0.15, 0.2) is 41.8 Å². The van der Waals surface area contributed by atoms with Gasteiger partial charge in [0.05, 0.1) is 4.88 Å². The molecule has 0 unspecified atom stereocenters. The van der Waals surface area contributed by atoms with Gasteiger partial charge in [0.15, 0.2) is 0 Å². The molecular formula is C15H13NO3S. The van der Waals surface area contributed by atoms with Gasteiger partial charge in [0.1, 0.15) is 0 Å². The third kappa shape index (κ3) is 3.55. The van der Waals surface area contributed by atoms with E-state index in [2.05, 4.69) is 5.32 Å². The minimum Gasteiger partial charge on any atom is -0.478 e. The fourth-order valence-electron chi connectivity index (χ4n) is 1.69. The molecule has 5 heteroatoms. The van der Waals surface area contributed by atoms with Gasteiger partial charge in [-0.2, -0.15) is 0 Å². The molecule has 0 radical (unpaired) electrons. The van der Waals surface area contributed by atoms with Gasteiger partial charge in [0.25, 0.3) is 5.91 Å². The lowest BCUT2D eigenvalue weighted by Crippen LogP contribution is -2.11. The molecule has 0 fully saturated rings. The Morgan fingerprint density at radius 1 is 1.30 bits per heavy atom. The fraction of sp³-hybridized carbons (Fsp3) is 0.0667. The highest BCUT2D eigenvalue weighted by Crippen LogP contribution is 2.19. The first-order valence-corrected chi connectivity index (χ1v) is 6.81. The van der Waals surface area contributed by atoms with E-state index in [0.717, 1.165) is 22.9 Å². The van der Waals surface area contributed by atoms with Gasteiger partial charge in [0.2, 0.25) is 0 Å². The summed E-state index contributed by atoms with van der Waals surface area (Å²) >= 11 is 1.38. The van der Waals surface area contributed by atoms with Crippen molar-refractivity contribution in [1.29, 1.82) is 0 Å². The Morgan fingerprint density at radius 3 is 2.70 bits per heavy atom. The van der Waals surface area contributed by atoms with Crippen molar-refractivity contribution >= 4 is 35.0 Å². The van der Waals surface area contributed by atoms with E-state index < -0.39 is 5.97 Å². The third-order valence-electron chi connectivity index (χ3n) is 2.66. The summed E-state index contributed by atoms with van der Waals surface area (Å²) in [4.78, 5) is 23.0. The van der Waals surface area contributed by atoms with E-state index in [1.807, 2.05) is 24.4 Å². The maximum Gasteiger partial charge on any atom is 0.328 e. The summed E-state index contributed by atoms with van der Waals surface area (Å²) < 4.78 is 0. The Hall–Kier alpha value is -2.40. The first-order valence-electron chi connectivity index (χ1n) is 5.93. The average molecular weight is 287 g/mol. The number of anilines is 1. The molecule has 0 aliphatic heterocycles. The van der Waals surface area contributed by atoms with Crippen LogP contribution in [0.25, 0.3) is 6.08 Å². The molecule has 1 amide bonds. The summed E-state index contributed by atoms with van der Waals surface area (Å²) in [7, 11) is 0. The summed E-state index contributed by atoms with van der Waals surface area (Å²) in [5.41, 5.74) is 2.37. The van der Waals surface area contributed by atoms with Crippen LogP contribution in [0.1, 0.15) is 20.8 Å². The number of rotatable bonds is 4. The normalized spacial score (nSPS) is 10.7. The lowest BCUT2D eigenvalue weighted by Gasteiger charge is -2.08. The summed E-state index contributed by atoms with van der Waals surface area (Å²) in [6.45, 7) is 1.86. The Bertz CT molecular complexity index is 660. The molecular weight excluding hydrogens is 274 g/mol. The van der Waals surface area contributed by atoms with Crippen molar-refractivity contribution in [3.8, 4) is 0 Å². The number of carbonyl (C=O) groups is 2. The Morgan fingerprint density at radius 2 is 2.10 bits per heavy atom. The van der Waals surface area contributed by atoms with E-state index in [9.17, 15) is 9.59 Å². The Kier molecular flexibility index (Phi) is 4.32. The van der Waals surface area contributed by atoms with Gasteiger partial charge >= 0.3 is 5.97 Å². The van der Waals surface area contributed by atoms with Crippen molar-refractivity contribution in [3.63, 3.8) is 0 Å². The number of carbonyl (C=O) groups excluding carboxylic acids is 1. The molecule has 4 nitrogen and oxygen atoms in total. The summed E-state index contributed by atoms with van der Waals surface area (Å²) in [6, 6.07) is 8.94. The van der Waals surface area contributed by atoms with E-state index >= 15 is 0 Å². The number of aryl methyl sites for hydroxylation is 1. The van der Waals surface area contributed by atoms with Crippen molar-refractivity contribution in [2.45, 2.75) is 6.92 Å². The van der Waals surface area contributed by atoms with Crippen LogP contribution in [0.2, 0.25) is 0 Å². The molecule has 0 spiro atoms. The standard InChI is InChI=1S/C15H13NO3S/c1-10-9-11(5-7-14(17)18)4-6-12(10)16-15(19)13-3-2-8-20-13/h2-9H,1H3,(H,16,19)(H,17,18). The molecule has 2 rings (SSSR count). The minimum absolute atomic E-state index is 0.142. The smallest absolute Gasteiger partial charge is 0.328 e. The quantitative estimate of drug-likeness (QED) is 0.847. The Balaban J connectivity index is 2.14. The van der Waals surface area contributed by atoms with Crippen LogP contribution < -0.4 is 5.32 Å². The molecule has 1 aromatic heterocycles. The molecule has 2 N–H and O–H groups in total. The van der Waals surface area contributed by atoms with Crippen molar-refractivity contribution in [3.05, 3.63) is 57.8 Å². The number of nitrogens with one attached hydrogen (secondary N) is 1. The fourth-order valence-corrected chi connectivity index (χ4v) is 2.31. The predicted molar refractivity (Wildman–Crippen MR) is 80.1 cm³/mol. The molecule has 102 valence electrons. The Labute approximate surface area is 120 Å². The van der Waals surface area contributed by atoms with E-state index in [1.54, 1.807) is 18.2 Å². The maximum absolute atomic E-state index is 11.9. The molecule has 0 atom stereocenters. The zero-order chi connectivity index (χ0) is 14.5. The first-order chi connectivity index (χ1) is 9.56. The van der Waals surface area contributed by atoms with Gasteiger partial charge in [-0.3, -0.25) is 4.79 Å². The number of aliphatic carboxylic acids is 1. The number of carboxylic acid groups (broad SMARTS) is 1. The van der Waals surface area contributed by atoms with Crippen LogP contribution in [0.5, 0.6) is 0 Å². The highest BCUT2D eigenvalue weighted by Gasteiger charge is 2.08. The first kappa shape index (κ1) is 14.0. The third-order valence-corrected chi connectivity index (χ3v) is 3.53. The molecule has 0 saturated carbocycles. The highest BCUT2D eigenvalue weighted by molar-refractivity contribution is 7.12. The molecule has 0 aliphatic carbocycles. The zero-order valence-corrected chi connectivity index (χ0v) is 11.6. The van der Waals surface area contributed by atoms with Crippen molar-refractivity contribution in [2.24, 2.45) is 0 Å². The largest absolute Gasteiger partial charge is 0.478 e. The van der Waals surface area contributed by atoms with Gasteiger partial charge in [-0.1, -0.05) is 12.1 Å². The lowest BCUT2D eigenvalue weighted by molar-refractivity contribution is -0.131. The van der Waals surface area contributed by atoms with Crippen molar-refractivity contribution < 1.29 is 14.7 Å². The lowest BCUT2D eigenvalue weighted by atomic mass is 10.1. The molecule has 1 aromatic carbocycles. The SMILES string of the molecule is Cc1cc(C=CC(=O)O)ccc1NC(=O)c1cccs1. The summed E-state index contributed by atoms with van der Waals surface area (Å²) in [5.74, 6) is -1.13. The number of hydrogen-bond acceptors (Lipinski definition) is 3.